The Morgan fingerprint density at radius 3 is 0.825 bits per heavy atom. The van der Waals surface area contributed by atoms with Crippen molar-refractivity contribution in [3.8, 4) is 0 Å². The minimum absolute atomic E-state index is 0.0146. The maximum atomic E-state index is 12.8. The highest BCUT2D eigenvalue weighted by Crippen LogP contribution is 2.27. The number of ketones is 2. The molecule has 2 N–H and O–H groups in total. The quantitative estimate of drug-likeness (QED) is 0.0538. The molecule has 0 bridgehead atoms. The van der Waals surface area contributed by atoms with Gasteiger partial charge in [0.15, 0.2) is 11.6 Å². The van der Waals surface area contributed by atoms with Crippen LogP contribution in [-0.2, 0) is 9.59 Å². The molecule has 4 nitrogen and oxygen atoms in total. The summed E-state index contributed by atoms with van der Waals surface area (Å²) in [6, 6.07) is 0. The summed E-state index contributed by atoms with van der Waals surface area (Å²) in [6.07, 6.45) is 43.3. The zero-order valence-electron chi connectivity index (χ0n) is 41.9. The van der Waals surface area contributed by atoms with Crippen LogP contribution in [0.25, 0.3) is 0 Å². The molecule has 0 saturated heterocycles. The average molecular weight is 861 g/mol. The van der Waals surface area contributed by atoms with Crippen molar-refractivity contribution in [3.63, 3.8) is 0 Å². The first kappa shape index (κ1) is 57.2. The Kier molecular flexibility index (Phi) is 30.5. The highest BCUT2D eigenvalue weighted by molar-refractivity contribution is 6.25. The Labute approximate surface area is 387 Å². The summed E-state index contributed by atoms with van der Waals surface area (Å²) < 4.78 is 0. The average Bonchev–Trinajstić information content (AvgIpc) is 3.21. The monoisotopic (exact) mass is 861 g/mol. The molecular weight excluding hydrogens is 773 g/mol. The molecule has 2 radical (unpaired) electrons. The Hall–Kier alpha value is -3.86. The minimum Gasteiger partial charge on any atom is -0.392 e. The molecule has 0 aliphatic heterocycles. The predicted octanol–water partition coefficient (Wildman–Crippen LogP) is 16.3. The van der Waals surface area contributed by atoms with E-state index in [4.69, 9.17) is 6.92 Å². The second-order valence-electron chi connectivity index (χ2n) is 18.5. The molecule has 0 aromatic carbocycles. The third-order valence-electron chi connectivity index (χ3n) is 12.2. The summed E-state index contributed by atoms with van der Waals surface area (Å²) in [7, 11) is 0. The largest absolute Gasteiger partial charge is 0.392 e. The number of aliphatic hydroxyl groups excluding tert-OH is 2. The summed E-state index contributed by atoms with van der Waals surface area (Å²) in [5.41, 5.74) is 14.7. The van der Waals surface area contributed by atoms with Crippen molar-refractivity contribution in [3.05, 3.63) is 146 Å². The number of rotatable bonds is 31. The van der Waals surface area contributed by atoms with Crippen LogP contribution in [0.4, 0.5) is 0 Å². The van der Waals surface area contributed by atoms with E-state index in [1.165, 1.54) is 44.6 Å². The van der Waals surface area contributed by atoms with E-state index in [-0.39, 0.29) is 22.7 Å². The van der Waals surface area contributed by atoms with E-state index in [1.54, 1.807) is 6.92 Å². The fourth-order valence-electron chi connectivity index (χ4n) is 7.66. The zero-order chi connectivity index (χ0) is 47.2. The molecule has 63 heavy (non-hydrogen) atoms. The Bertz CT molecular complexity index is 1840. The molecule has 0 atom stereocenters. The third-order valence-corrected chi connectivity index (χ3v) is 12.2. The van der Waals surface area contributed by atoms with Crippen molar-refractivity contribution in [2.45, 2.75) is 198 Å². The fourth-order valence-corrected chi connectivity index (χ4v) is 7.66. The SMILES string of the molecule is [CH]/C(C)=C/CC/C(C)=C/CC/C(C)=C/CC/C(C)=C/CC/C(C)=C/CC/C(C)=C/CC/C(C)=C/CC/C(C)=C/CC/C(C)=C/CC/C(C)=C/CC1=C(C)C(=O)C(CO)=C(CO)C1=O. The highest BCUT2D eigenvalue weighted by Gasteiger charge is 2.30. The number of aliphatic hydroxyl groups is 2. The first-order chi connectivity index (χ1) is 30.0. The number of Topliss-reactive ketones (excluding diaryl/α,β-unsaturated/α-hetero) is 2. The summed E-state index contributed by atoms with van der Waals surface area (Å²) in [5, 5.41) is 19.1. The van der Waals surface area contributed by atoms with Crippen molar-refractivity contribution in [1.82, 2.24) is 0 Å². The first-order valence-electron chi connectivity index (χ1n) is 24.0. The standard InChI is InChI=1S/C59H88O4/c1-44(2)22-13-23-45(3)24-14-25-46(4)26-15-27-47(5)28-16-29-48(6)30-17-31-49(7)32-18-33-50(8)34-19-35-51(9)36-20-37-52(10)38-21-39-53(11)40-41-55-54(12)58(62)56(42-60)57(43-61)59(55)63/h1,22,24,26,28,30,32,34,36,38,40,60-61H,13-21,23,25,27,29,31,33,35,37,39,41-43H2,2-12H3/b44-22-,45-24+,46-26+,47-28+,48-30+,49-32+,50-34+,51-36+,52-38+,53-40+. The molecule has 0 spiro atoms. The van der Waals surface area contributed by atoms with Gasteiger partial charge in [-0.15, -0.1) is 0 Å². The summed E-state index contributed by atoms with van der Waals surface area (Å²) >= 11 is 0. The number of hydrogen-bond acceptors (Lipinski definition) is 4. The van der Waals surface area contributed by atoms with Crippen LogP contribution in [0.3, 0.4) is 0 Å². The van der Waals surface area contributed by atoms with Crippen LogP contribution < -0.4 is 0 Å². The lowest BCUT2D eigenvalue weighted by Gasteiger charge is -2.20. The van der Waals surface area contributed by atoms with Crippen LogP contribution in [0.15, 0.2) is 139 Å². The predicted molar refractivity (Wildman–Crippen MR) is 274 cm³/mol. The summed E-state index contributed by atoms with van der Waals surface area (Å²) in [4.78, 5) is 25.4. The van der Waals surface area contributed by atoms with E-state index in [0.29, 0.717) is 17.6 Å². The lowest BCUT2D eigenvalue weighted by molar-refractivity contribution is -0.117. The van der Waals surface area contributed by atoms with Gasteiger partial charge in [0.25, 0.3) is 0 Å². The van der Waals surface area contributed by atoms with Gasteiger partial charge in [-0.1, -0.05) is 116 Å². The molecule has 0 heterocycles. The molecule has 0 saturated carbocycles. The lowest BCUT2D eigenvalue weighted by Crippen LogP contribution is -2.26. The number of hydrogen-bond donors (Lipinski definition) is 2. The molecule has 0 aromatic heterocycles. The van der Waals surface area contributed by atoms with Gasteiger partial charge < -0.3 is 10.2 Å². The van der Waals surface area contributed by atoms with Gasteiger partial charge in [-0.3, -0.25) is 9.59 Å². The van der Waals surface area contributed by atoms with Gasteiger partial charge >= 0.3 is 0 Å². The Morgan fingerprint density at radius 2 is 0.587 bits per heavy atom. The van der Waals surface area contributed by atoms with E-state index >= 15 is 0 Å². The maximum absolute atomic E-state index is 12.8. The Morgan fingerprint density at radius 1 is 0.365 bits per heavy atom. The molecule has 0 fully saturated rings. The second-order valence-corrected chi connectivity index (χ2v) is 18.5. The van der Waals surface area contributed by atoms with Crippen LogP contribution in [0.2, 0.25) is 0 Å². The molecule has 0 aromatic rings. The van der Waals surface area contributed by atoms with Crippen molar-refractivity contribution in [1.29, 1.82) is 0 Å². The van der Waals surface area contributed by atoms with Gasteiger partial charge in [0.2, 0.25) is 0 Å². The second kappa shape index (κ2) is 33.6. The topological polar surface area (TPSA) is 74.6 Å². The minimum atomic E-state index is -0.541. The molecule has 0 unspecified atom stereocenters. The molecular formula is C59H88O4. The van der Waals surface area contributed by atoms with E-state index in [1.807, 2.05) is 19.9 Å². The first-order valence-corrected chi connectivity index (χ1v) is 24.0. The van der Waals surface area contributed by atoms with E-state index in [0.717, 1.165) is 127 Å². The zero-order valence-corrected chi connectivity index (χ0v) is 41.9. The number of carbonyl (C=O) groups excluding carboxylic acids is 2. The molecule has 4 heteroatoms. The van der Waals surface area contributed by atoms with Crippen molar-refractivity contribution in [2.75, 3.05) is 13.2 Å². The summed E-state index contributed by atoms with van der Waals surface area (Å²) in [6.45, 7) is 28.4. The van der Waals surface area contributed by atoms with Gasteiger partial charge in [0.05, 0.1) is 13.2 Å². The van der Waals surface area contributed by atoms with Crippen LogP contribution in [0, 0.1) is 6.92 Å². The van der Waals surface area contributed by atoms with Gasteiger partial charge in [0, 0.05) is 22.3 Å². The van der Waals surface area contributed by atoms with E-state index < -0.39 is 13.2 Å². The molecule has 1 aliphatic rings. The summed E-state index contributed by atoms with van der Waals surface area (Å²) in [5.74, 6) is -0.681. The number of carbonyl (C=O) groups is 2. The highest BCUT2D eigenvalue weighted by atomic mass is 16.3. The van der Waals surface area contributed by atoms with Gasteiger partial charge in [-0.25, -0.2) is 0 Å². The van der Waals surface area contributed by atoms with Crippen molar-refractivity contribution in [2.24, 2.45) is 0 Å². The Balaban J connectivity index is 2.31. The fraction of sp³-hybridized carbons (Fsp3) is 0.542. The molecule has 1 aliphatic carbocycles. The molecule has 348 valence electrons. The van der Waals surface area contributed by atoms with Gasteiger partial charge in [0.1, 0.15) is 0 Å². The van der Waals surface area contributed by atoms with Gasteiger partial charge in [-0.05, 0) is 205 Å². The smallest absolute Gasteiger partial charge is 0.188 e. The van der Waals surface area contributed by atoms with E-state index in [2.05, 4.69) is 110 Å². The van der Waals surface area contributed by atoms with Crippen LogP contribution in [0.1, 0.15) is 198 Å². The molecule has 1 rings (SSSR count). The normalized spacial score (nSPS) is 16.4. The van der Waals surface area contributed by atoms with Crippen LogP contribution in [-0.4, -0.2) is 35.0 Å². The third kappa shape index (κ3) is 26.5. The van der Waals surface area contributed by atoms with Crippen LogP contribution >= 0.6 is 0 Å². The van der Waals surface area contributed by atoms with Gasteiger partial charge in [-0.2, -0.15) is 0 Å². The van der Waals surface area contributed by atoms with Crippen LogP contribution in [0.5, 0.6) is 0 Å². The number of allylic oxidation sites excluding steroid dienone is 22. The van der Waals surface area contributed by atoms with Crippen molar-refractivity contribution >= 4 is 11.6 Å². The van der Waals surface area contributed by atoms with Crippen molar-refractivity contribution < 1.29 is 19.8 Å². The van der Waals surface area contributed by atoms with E-state index in [9.17, 15) is 19.8 Å². The maximum Gasteiger partial charge on any atom is 0.188 e. The lowest BCUT2D eigenvalue weighted by atomic mass is 9.83. The molecule has 0 amide bonds.